The van der Waals surface area contributed by atoms with E-state index in [-0.39, 0.29) is 23.6 Å². The fraction of sp³-hybridized carbons (Fsp3) is 0.462. The number of pyridine rings is 1. The van der Waals surface area contributed by atoms with Gasteiger partial charge in [0.1, 0.15) is 24.0 Å². The van der Waals surface area contributed by atoms with Gasteiger partial charge in [-0.3, -0.25) is 14.6 Å². The quantitative estimate of drug-likeness (QED) is 0.355. The maximum Gasteiger partial charge on any atom is 0.419 e. The van der Waals surface area contributed by atoms with Crippen LogP contribution in [0.15, 0.2) is 36.5 Å². The number of aromatic nitrogens is 1. The zero-order chi connectivity index (χ0) is 28.0. The largest absolute Gasteiger partial charge is 0.492 e. The molecule has 206 valence electrons. The highest BCUT2D eigenvalue weighted by molar-refractivity contribution is 7.81. The van der Waals surface area contributed by atoms with Crippen molar-refractivity contribution in [2.24, 2.45) is 0 Å². The van der Waals surface area contributed by atoms with Crippen LogP contribution in [-0.2, 0) is 11.0 Å². The molecule has 3 heterocycles. The lowest BCUT2D eigenvalue weighted by molar-refractivity contribution is -0.138. The summed E-state index contributed by atoms with van der Waals surface area (Å²) in [5.74, 6) is -2.50. The predicted octanol–water partition coefficient (Wildman–Crippen LogP) is 5.14. The van der Waals surface area contributed by atoms with Crippen LogP contribution in [0.2, 0.25) is 0 Å². The van der Waals surface area contributed by atoms with Crippen LogP contribution in [0.5, 0.6) is 5.75 Å². The van der Waals surface area contributed by atoms with Crippen molar-refractivity contribution in [1.29, 1.82) is 5.26 Å². The molecule has 3 aliphatic rings. The van der Waals surface area contributed by atoms with Gasteiger partial charge in [-0.1, -0.05) is 0 Å². The van der Waals surface area contributed by atoms with E-state index in [9.17, 15) is 26.7 Å². The van der Waals surface area contributed by atoms with E-state index in [2.05, 4.69) is 4.98 Å². The number of alkyl halides is 5. The second kappa shape index (κ2) is 9.98. The zero-order valence-corrected chi connectivity index (χ0v) is 21.5. The van der Waals surface area contributed by atoms with Crippen molar-refractivity contribution in [2.75, 3.05) is 36.0 Å². The summed E-state index contributed by atoms with van der Waals surface area (Å²) in [4.78, 5) is 21.9. The van der Waals surface area contributed by atoms with Crippen molar-refractivity contribution in [1.82, 2.24) is 9.88 Å². The molecule has 13 heteroatoms. The highest BCUT2D eigenvalue weighted by Gasteiger charge is 2.59. The zero-order valence-electron chi connectivity index (χ0n) is 20.7. The number of ether oxygens (including phenoxy) is 1. The first kappa shape index (κ1) is 27.2. The minimum Gasteiger partial charge on any atom is -0.492 e. The van der Waals surface area contributed by atoms with Crippen LogP contribution in [0.3, 0.4) is 0 Å². The summed E-state index contributed by atoms with van der Waals surface area (Å²) in [5, 5.41) is 9.08. The monoisotopic (exact) mass is 565 g/mol. The van der Waals surface area contributed by atoms with Crippen LogP contribution < -0.4 is 14.5 Å². The van der Waals surface area contributed by atoms with E-state index in [0.717, 1.165) is 23.6 Å². The van der Waals surface area contributed by atoms with Gasteiger partial charge < -0.3 is 9.64 Å². The third-order valence-corrected chi connectivity index (χ3v) is 7.86. The number of carbonyl (C=O) groups excluding carboxylic acids is 1. The number of rotatable bonds is 6. The molecule has 5 rings (SSSR count). The average Bonchev–Trinajstić information content (AvgIpc) is 3.11. The van der Waals surface area contributed by atoms with E-state index in [1.54, 1.807) is 29.2 Å². The standard InChI is InChI=1S/C26H24F5N5O2S/c27-25(28)8-10-34(11-9-25)12-13-38-19-4-2-17(3-5-19)36-23(39)35(22(37)24(36)6-1-7-24)18-14-20(26(29,30)31)21(15-32)33-16-18/h2-5,14,16H,1,6-13H2. The molecule has 0 unspecified atom stereocenters. The van der Waals surface area contributed by atoms with Gasteiger partial charge in [-0.05, 0) is 61.8 Å². The van der Waals surface area contributed by atoms with E-state index in [0.29, 0.717) is 50.5 Å². The summed E-state index contributed by atoms with van der Waals surface area (Å²) in [7, 11) is 0. The van der Waals surface area contributed by atoms with Gasteiger partial charge in [-0.25, -0.2) is 13.8 Å². The number of thiocarbonyl (C=S) groups is 1. The summed E-state index contributed by atoms with van der Waals surface area (Å²) in [6.07, 6.45) is -2.40. The Morgan fingerprint density at radius 2 is 1.74 bits per heavy atom. The number of anilines is 2. The molecule has 2 aliphatic heterocycles. The summed E-state index contributed by atoms with van der Waals surface area (Å²) < 4.78 is 73.1. The van der Waals surface area contributed by atoms with Crippen molar-refractivity contribution in [3.05, 3.63) is 47.8 Å². The Hall–Kier alpha value is -3.37. The number of hydrogen-bond acceptors (Lipinski definition) is 6. The molecule has 1 saturated carbocycles. The Balaban J connectivity index is 1.32. The number of likely N-dealkylation sites (tertiary alicyclic amines) is 1. The van der Waals surface area contributed by atoms with Crippen molar-refractivity contribution in [2.45, 2.75) is 49.7 Å². The van der Waals surface area contributed by atoms with E-state index < -0.39 is 34.8 Å². The lowest BCUT2D eigenvalue weighted by Gasteiger charge is -2.43. The number of amides is 1. The molecule has 0 radical (unpaired) electrons. The Morgan fingerprint density at radius 3 is 2.31 bits per heavy atom. The van der Waals surface area contributed by atoms with E-state index in [4.69, 9.17) is 22.2 Å². The molecule has 7 nitrogen and oxygen atoms in total. The molecule has 2 saturated heterocycles. The van der Waals surface area contributed by atoms with Gasteiger partial charge in [0, 0.05) is 38.2 Å². The first-order valence-electron chi connectivity index (χ1n) is 12.4. The molecule has 0 atom stereocenters. The second-order valence-electron chi connectivity index (χ2n) is 9.88. The van der Waals surface area contributed by atoms with E-state index >= 15 is 0 Å². The smallest absolute Gasteiger partial charge is 0.419 e. The normalized spacial score (nSPS) is 20.7. The lowest BCUT2D eigenvalue weighted by atomic mass is 9.75. The molecule has 0 bridgehead atoms. The maximum atomic E-state index is 13.6. The molecule has 1 aromatic heterocycles. The molecule has 3 fully saturated rings. The molecular weight excluding hydrogens is 541 g/mol. The molecule has 39 heavy (non-hydrogen) atoms. The number of hydrogen-bond donors (Lipinski definition) is 0. The Bertz CT molecular complexity index is 1310. The van der Waals surface area contributed by atoms with Gasteiger partial charge in [-0.2, -0.15) is 18.4 Å². The molecule has 1 spiro atoms. The molecule has 1 aliphatic carbocycles. The minimum absolute atomic E-state index is 0.0231. The van der Waals surface area contributed by atoms with Crippen LogP contribution >= 0.6 is 12.2 Å². The molecule has 0 N–H and O–H groups in total. The van der Waals surface area contributed by atoms with Gasteiger partial charge in [-0.15, -0.1) is 0 Å². The van der Waals surface area contributed by atoms with Crippen LogP contribution in [-0.4, -0.2) is 58.6 Å². The minimum atomic E-state index is -4.83. The van der Waals surface area contributed by atoms with Crippen LogP contribution in [0.1, 0.15) is 43.4 Å². The van der Waals surface area contributed by atoms with Crippen molar-refractivity contribution >= 4 is 34.6 Å². The number of benzene rings is 1. The predicted molar refractivity (Wildman–Crippen MR) is 136 cm³/mol. The second-order valence-corrected chi connectivity index (χ2v) is 10.2. The van der Waals surface area contributed by atoms with Gasteiger partial charge in [0.15, 0.2) is 10.8 Å². The van der Waals surface area contributed by atoms with Gasteiger partial charge in [0.2, 0.25) is 0 Å². The average molecular weight is 566 g/mol. The summed E-state index contributed by atoms with van der Waals surface area (Å²) in [5.41, 5.74) is -2.60. The molecular formula is C26H24F5N5O2S. The number of carbonyl (C=O) groups is 1. The fourth-order valence-corrected chi connectivity index (χ4v) is 5.65. The highest BCUT2D eigenvalue weighted by Crippen LogP contribution is 2.48. The Labute approximate surface area is 226 Å². The fourth-order valence-electron chi connectivity index (χ4n) is 5.18. The SMILES string of the molecule is N#Cc1ncc(N2C(=O)C3(CCC3)N(c3ccc(OCCN4CCC(F)(F)CC4)cc3)C2=S)cc1C(F)(F)F. The van der Waals surface area contributed by atoms with Gasteiger partial charge in [0.05, 0.1) is 17.4 Å². The van der Waals surface area contributed by atoms with Crippen molar-refractivity contribution in [3.8, 4) is 11.8 Å². The number of halogens is 5. The first-order valence-corrected chi connectivity index (χ1v) is 12.9. The topological polar surface area (TPSA) is 72.7 Å². The van der Waals surface area contributed by atoms with Crippen molar-refractivity contribution < 1.29 is 31.5 Å². The maximum absolute atomic E-state index is 13.6. The molecule has 1 amide bonds. The number of nitriles is 1. The van der Waals surface area contributed by atoms with E-state index in [1.165, 1.54) is 6.07 Å². The van der Waals surface area contributed by atoms with Crippen LogP contribution in [0.25, 0.3) is 0 Å². The van der Waals surface area contributed by atoms with Crippen LogP contribution in [0.4, 0.5) is 33.3 Å². The first-order chi connectivity index (χ1) is 18.4. The highest BCUT2D eigenvalue weighted by atomic mass is 32.1. The van der Waals surface area contributed by atoms with Crippen molar-refractivity contribution in [3.63, 3.8) is 0 Å². The lowest BCUT2D eigenvalue weighted by Crippen LogP contribution is -2.55. The summed E-state index contributed by atoms with van der Waals surface area (Å²) in [6, 6.07) is 9.01. The van der Waals surface area contributed by atoms with Gasteiger partial charge >= 0.3 is 6.18 Å². The summed E-state index contributed by atoms with van der Waals surface area (Å²) >= 11 is 5.61. The third kappa shape index (κ3) is 5.03. The van der Waals surface area contributed by atoms with Gasteiger partial charge in [0.25, 0.3) is 11.8 Å². The Kier molecular flexibility index (Phi) is 6.97. The van der Waals surface area contributed by atoms with E-state index in [1.807, 2.05) is 4.90 Å². The molecule has 1 aromatic carbocycles. The van der Waals surface area contributed by atoms with Crippen LogP contribution in [0, 0.1) is 11.3 Å². The Morgan fingerprint density at radius 1 is 1.08 bits per heavy atom. The third-order valence-electron chi connectivity index (χ3n) is 7.49. The molecule has 2 aromatic rings. The summed E-state index contributed by atoms with van der Waals surface area (Å²) in [6.45, 7) is 1.46. The number of nitrogens with zero attached hydrogens (tertiary/aromatic N) is 5. The number of piperidine rings is 1.